The Balaban J connectivity index is 1.86. The van der Waals surface area contributed by atoms with Gasteiger partial charge >= 0.3 is 5.69 Å². The van der Waals surface area contributed by atoms with Gasteiger partial charge in [0, 0.05) is 18.9 Å². The van der Waals surface area contributed by atoms with Crippen LogP contribution in [0.3, 0.4) is 0 Å². The monoisotopic (exact) mass is 364 g/mol. The molecule has 0 spiro atoms. The first-order chi connectivity index (χ1) is 12.9. The van der Waals surface area contributed by atoms with Gasteiger partial charge in [-0.05, 0) is 55.3 Å². The molecule has 7 nitrogen and oxygen atoms in total. The lowest BCUT2D eigenvalue weighted by atomic mass is 10.1. The highest BCUT2D eigenvalue weighted by Crippen LogP contribution is 2.34. The molecule has 0 unspecified atom stereocenters. The van der Waals surface area contributed by atoms with E-state index in [-0.39, 0.29) is 18.1 Å². The van der Waals surface area contributed by atoms with E-state index in [2.05, 4.69) is 10.3 Å². The third-order valence-electron chi connectivity index (χ3n) is 4.59. The number of aromatic nitrogens is 1. The van der Waals surface area contributed by atoms with Gasteiger partial charge in [-0.2, -0.15) is 0 Å². The maximum Gasteiger partial charge on any atom is 0.301 e. The van der Waals surface area contributed by atoms with Crippen molar-refractivity contribution >= 4 is 33.9 Å². The van der Waals surface area contributed by atoms with Crippen LogP contribution in [0.15, 0.2) is 48.7 Å². The van der Waals surface area contributed by atoms with Gasteiger partial charge in [-0.3, -0.25) is 19.9 Å². The molecule has 1 aromatic heterocycles. The Morgan fingerprint density at radius 3 is 2.70 bits per heavy atom. The van der Waals surface area contributed by atoms with Crippen LogP contribution in [-0.2, 0) is 4.79 Å². The van der Waals surface area contributed by atoms with Crippen LogP contribution in [-0.4, -0.2) is 29.4 Å². The number of anilines is 2. The van der Waals surface area contributed by atoms with Gasteiger partial charge in [0.2, 0.25) is 5.91 Å². The molecular weight excluding hydrogens is 344 g/mol. The summed E-state index contributed by atoms with van der Waals surface area (Å²) in [6, 6.07) is 12.4. The lowest BCUT2D eigenvalue weighted by Crippen LogP contribution is -2.30. The number of rotatable bonds is 5. The standard InChI is InChI=1S/C20H20N4O3/c1-13-6-4-8-16(14(13)2)22-19(25)12-23(3)18-10-9-17-15(7-5-11-21-17)20(18)24(26)27/h4-11H,12H2,1-3H3,(H,22,25). The molecule has 0 atom stereocenters. The quantitative estimate of drug-likeness (QED) is 0.549. The largest absolute Gasteiger partial charge is 0.360 e. The number of nitro benzene ring substituents is 1. The average Bonchev–Trinajstić information content (AvgIpc) is 2.64. The van der Waals surface area contributed by atoms with Crippen molar-refractivity contribution in [3.05, 3.63) is 69.9 Å². The first kappa shape index (κ1) is 18.3. The molecule has 0 aliphatic heterocycles. The molecule has 1 amide bonds. The van der Waals surface area contributed by atoms with Crippen molar-refractivity contribution in [1.82, 2.24) is 4.98 Å². The van der Waals surface area contributed by atoms with Crippen molar-refractivity contribution in [3.8, 4) is 0 Å². The SMILES string of the molecule is Cc1cccc(NC(=O)CN(C)c2ccc3ncccc3c2[N+](=O)[O-])c1C. The van der Waals surface area contributed by atoms with Gasteiger partial charge in [0.25, 0.3) is 0 Å². The highest BCUT2D eigenvalue weighted by molar-refractivity contribution is 5.98. The molecule has 3 aromatic rings. The molecule has 27 heavy (non-hydrogen) atoms. The van der Waals surface area contributed by atoms with Gasteiger partial charge in [0.05, 0.1) is 22.4 Å². The van der Waals surface area contributed by atoms with Crippen molar-refractivity contribution in [2.45, 2.75) is 13.8 Å². The molecule has 0 aliphatic rings. The molecule has 7 heteroatoms. The molecule has 0 saturated carbocycles. The Morgan fingerprint density at radius 1 is 1.19 bits per heavy atom. The predicted molar refractivity (Wildman–Crippen MR) is 106 cm³/mol. The van der Waals surface area contributed by atoms with Crippen LogP contribution in [0.5, 0.6) is 0 Å². The maximum atomic E-state index is 12.5. The van der Waals surface area contributed by atoms with Crippen LogP contribution in [0.2, 0.25) is 0 Å². The minimum Gasteiger partial charge on any atom is -0.360 e. The third-order valence-corrected chi connectivity index (χ3v) is 4.59. The second kappa shape index (κ2) is 7.41. The van der Waals surface area contributed by atoms with Crippen LogP contribution in [0.1, 0.15) is 11.1 Å². The number of nitro groups is 1. The Morgan fingerprint density at radius 2 is 1.96 bits per heavy atom. The number of nitrogens with one attached hydrogen (secondary N) is 1. The molecule has 2 aromatic carbocycles. The van der Waals surface area contributed by atoms with Gasteiger partial charge < -0.3 is 10.2 Å². The Labute approximate surface area is 156 Å². The molecular formula is C20H20N4O3. The van der Waals surface area contributed by atoms with Gasteiger partial charge in [-0.15, -0.1) is 0 Å². The number of hydrogen-bond acceptors (Lipinski definition) is 5. The maximum absolute atomic E-state index is 12.5. The summed E-state index contributed by atoms with van der Waals surface area (Å²) in [5.41, 5.74) is 3.68. The van der Waals surface area contributed by atoms with E-state index in [4.69, 9.17) is 0 Å². The molecule has 0 fully saturated rings. The highest BCUT2D eigenvalue weighted by atomic mass is 16.6. The van der Waals surface area contributed by atoms with Gasteiger partial charge in [-0.1, -0.05) is 12.1 Å². The lowest BCUT2D eigenvalue weighted by Gasteiger charge is -2.20. The van der Waals surface area contributed by atoms with E-state index in [9.17, 15) is 14.9 Å². The lowest BCUT2D eigenvalue weighted by molar-refractivity contribution is -0.382. The molecule has 0 bridgehead atoms. The van der Waals surface area contributed by atoms with E-state index in [1.807, 2.05) is 32.0 Å². The summed E-state index contributed by atoms with van der Waals surface area (Å²) < 4.78 is 0. The Bertz CT molecular complexity index is 1030. The number of fused-ring (bicyclic) bond motifs is 1. The van der Waals surface area contributed by atoms with E-state index < -0.39 is 4.92 Å². The summed E-state index contributed by atoms with van der Waals surface area (Å²) in [6.07, 6.45) is 1.59. The normalized spacial score (nSPS) is 10.6. The minimum absolute atomic E-state index is 0.0139. The van der Waals surface area contributed by atoms with Crippen molar-refractivity contribution in [1.29, 1.82) is 0 Å². The van der Waals surface area contributed by atoms with Crippen LogP contribution in [0.25, 0.3) is 10.9 Å². The summed E-state index contributed by atoms with van der Waals surface area (Å²) in [5, 5.41) is 15.0. The summed E-state index contributed by atoms with van der Waals surface area (Å²) in [4.78, 5) is 29.4. The highest BCUT2D eigenvalue weighted by Gasteiger charge is 2.22. The zero-order valence-electron chi connectivity index (χ0n) is 15.4. The predicted octanol–water partition coefficient (Wildman–Crippen LogP) is 3.83. The van der Waals surface area contributed by atoms with Crippen LogP contribution < -0.4 is 10.2 Å². The van der Waals surface area contributed by atoms with Gasteiger partial charge in [0.1, 0.15) is 5.69 Å². The number of aryl methyl sites for hydroxylation is 1. The van der Waals surface area contributed by atoms with Crippen molar-refractivity contribution in [3.63, 3.8) is 0 Å². The number of carbonyl (C=O) groups is 1. The number of likely N-dealkylation sites (N-methyl/N-ethyl adjacent to an activating group) is 1. The minimum atomic E-state index is -0.432. The van der Waals surface area contributed by atoms with Crippen LogP contribution in [0, 0.1) is 24.0 Å². The van der Waals surface area contributed by atoms with E-state index in [0.29, 0.717) is 16.6 Å². The first-order valence-corrected chi connectivity index (χ1v) is 8.48. The molecule has 3 rings (SSSR count). The van der Waals surface area contributed by atoms with Gasteiger partial charge in [0.15, 0.2) is 0 Å². The van der Waals surface area contributed by atoms with E-state index >= 15 is 0 Å². The smallest absolute Gasteiger partial charge is 0.301 e. The number of pyridine rings is 1. The zero-order valence-corrected chi connectivity index (χ0v) is 15.4. The second-order valence-electron chi connectivity index (χ2n) is 6.41. The molecule has 0 saturated heterocycles. The summed E-state index contributed by atoms with van der Waals surface area (Å²) in [5.74, 6) is -0.244. The fourth-order valence-corrected chi connectivity index (χ4v) is 3.00. The fourth-order valence-electron chi connectivity index (χ4n) is 3.00. The van der Waals surface area contributed by atoms with Crippen molar-refractivity contribution in [2.24, 2.45) is 0 Å². The zero-order chi connectivity index (χ0) is 19.6. The molecule has 0 aliphatic carbocycles. The molecule has 0 radical (unpaired) electrons. The summed E-state index contributed by atoms with van der Waals surface area (Å²) in [7, 11) is 1.66. The second-order valence-corrected chi connectivity index (χ2v) is 6.41. The average molecular weight is 364 g/mol. The van der Waals surface area contributed by atoms with Crippen molar-refractivity contribution < 1.29 is 9.72 Å². The van der Waals surface area contributed by atoms with Crippen LogP contribution >= 0.6 is 0 Å². The molecule has 138 valence electrons. The first-order valence-electron chi connectivity index (χ1n) is 8.48. The summed E-state index contributed by atoms with van der Waals surface area (Å²) in [6.45, 7) is 3.90. The third kappa shape index (κ3) is 3.72. The van der Waals surface area contributed by atoms with E-state index in [1.54, 1.807) is 42.4 Å². The van der Waals surface area contributed by atoms with E-state index in [0.717, 1.165) is 16.8 Å². The molecule has 1 N–H and O–H groups in total. The van der Waals surface area contributed by atoms with Crippen LogP contribution in [0.4, 0.5) is 17.1 Å². The topological polar surface area (TPSA) is 88.4 Å². The number of carbonyl (C=O) groups excluding carboxylic acids is 1. The number of nitrogens with zero attached hydrogens (tertiary/aromatic N) is 3. The Kier molecular flexibility index (Phi) is 5.03. The summed E-state index contributed by atoms with van der Waals surface area (Å²) >= 11 is 0. The molecule has 1 heterocycles. The number of hydrogen-bond donors (Lipinski definition) is 1. The fraction of sp³-hybridized carbons (Fsp3) is 0.200. The van der Waals surface area contributed by atoms with E-state index in [1.165, 1.54) is 0 Å². The Hall–Kier alpha value is -3.48. The van der Waals surface area contributed by atoms with Gasteiger partial charge in [-0.25, -0.2) is 0 Å². The van der Waals surface area contributed by atoms with Crippen molar-refractivity contribution in [2.75, 3.05) is 23.8 Å². The number of amides is 1. The number of benzene rings is 2.